The maximum Gasteiger partial charge on any atom is 0.290 e. The van der Waals surface area contributed by atoms with Gasteiger partial charge in [0.25, 0.3) is 11.1 Å². The van der Waals surface area contributed by atoms with E-state index in [0.29, 0.717) is 11.5 Å². The first-order chi connectivity index (χ1) is 10.2. The van der Waals surface area contributed by atoms with Crippen molar-refractivity contribution in [3.05, 3.63) is 57.1 Å². The summed E-state index contributed by atoms with van der Waals surface area (Å²) in [7, 11) is 0. The fraction of sp³-hybridized carbons (Fsp3) is 0.0667. The smallest absolute Gasteiger partial charge is 0.290 e. The molecule has 4 nitrogen and oxygen atoms in total. The van der Waals surface area contributed by atoms with Crippen LogP contribution in [0.5, 0.6) is 5.75 Å². The van der Waals surface area contributed by atoms with Gasteiger partial charge in [0, 0.05) is 0 Å². The molecule has 0 atom stereocenters. The van der Waals surface area contributed by atoms with E-state index < -0.39 is 0 Å². The van der Waals surface area contributed by atoms with Gasteiger partial charge in [0.15, 0.2) is 0 Å². The van der Waals surface area contributed by atoms with Gasteiger partial charge in [0.2, 0.25) is 0 Å². The second-order valence-electron chi connectivity index (χ2n) is 4.34. The third-order valence-corrected chi connectivity index (χ3v) is 4.35. The molecule has 1 aromatic heterocycles. The molecule has 2 aromatic rings. The Balaban J connectivity index is 1.65. The van der Waals surface area contributed by atoms with Crippen molar-refractivity contribution in [1.82, 2.24) is 5.32 Å². The number of ether oxygens (including phenoxy) is 1. The van der Waals surface area contributed by atoms with Gasteiger partial charge >= 0.3 is 0 Å². The summed E-state index contributed by atoms with van der Waals surface area (Å²) in [6.45, 7) is 0.538. The van der Waals surface area contributed by atoms with E-state index in [1.54, 1.807) is 17.4 Å². The van der Waals surface area contributed by atoms with Gasteiger partial charge in [-0.15, -0.1) is 0 Å². The lowest BCUT2D eigenvalue weighted by Gasteiger charge is -2.05. The second-order valence-corrected chi connectivity index (χ2v) is 6.14. The number of carbonyl (C=O) groups excluding carboxylic acids is 2. The average Bonchev–Trinajstić information content (AvgIpc) is 3.08. The van der Waals surface area contributed by atoms with Crippen LogP contribution >= 0.6 is 23.1 Å². The molecule has 1 N–H and O–H groups in total. The fourth-order valence-corrected chi connectivity index (χ4v) is 3.11. The maximum atomic E-state index is 11.4. The predicted octanol–water partition coefficient (Wildman–Crippen LogP) is 3.65. The first-order valence-corrected chi connectivity index (χ1v) is 7.95. The number of carbonyl (C=O) groups is 2. The summed E-state index contributed by atoms with van der Waals surface area (Å²) in [5.74, 6) is 0.422. The zero-order valence-electron chi connectivity index (χ0n) is 10.9. The minimum absolute atomic E-state index is 0.332. The van der Waals surface area contributed by atoms with Crippen molar-refractivity contribution >= 4 is 40.3 Å². The Kier molecular flexibility index (Phi) is 4.08. The molecule has 0 bridgehead atoms. The number of imide groups is 1. The summed E-state index contributed by atoms with van der Waals surface area (Å²) in [4.78, 5) is 22.9. The number of thiophene rings is 1. The van der Waals surface area contributed by atoms with E-state index in [1.807, 2.05) is 41.1 Å². The lowest BCUT2D eigenvalue weighted by molar-refractivity contribution is -0.115. The molecule has 1 aliphatic heterocycles. The van der Waals surface area contributed by atoms with Crippen LogP contribution in [0, 0.1) is 0 Å². The number of hydrogen-bond donors (Lipinski definition) is 1. The minimum Gasteiger partial charge on any atom is -0.489 e. The Hall–Kier alpha value is -2.05. The molecule has 0 spiro atoms. The van der Waals surface area contributed by atoms with E-state index in [9.17, 15) is 9.59 Å². The summed E-state index contributed by atoms with van der Waals surface area (Å²) in [5, 5.41) is 5.96. The Bertz CT molecular complexity index is 690. The van der Waals surface area contributed by atoms with Crippen molar-refractivity contribution in [2.24, 2.45) is 0 Å². The van der Waals surface area contributed by atoms with Gasteiger partial charge in [-0.05, 0) is 57.9 Å². The van der Waals surface area contributed by atoms with Gasteiger partial charge in [-0.1, -0.05) is 12.1 Å². The van der Waals surface area contributed by atoms with Crippen LogP contribution in [0.3, 0.4) is 0 Å². The van der Waals surface area contributed by atoms with E-state index in [4.69, 9.17) is 4.74 Å². The maximum absolute atomic E-state index is 11.4. The van der Waals surface area contributed by atoms with Crippen molar-refractivity contribution in [1.29, 1.82) is 0 Å². The molecule has 0 unspecified atom stereocenters. The third-order valence-electron chi connectivity index (χ3n) is 2.81. The Morgan fingerprint density at radius 2 is 1.95 bits per heavy atom. The summed E-state index contributed by atoms with van der Waals surface area (Å²) in [6.07, 6.45) is 1.69. The number of thioether (sulfide) groups is 1. The molecule has 1 saturated heterocycles. The summed E-state index contributed by atoms with van der Waals surface area (Å²) in [6, 6.07) is 9.42. The van der Waals surface area contributed by atoms with Crippen LogP contribution in [0.2, 0.25) is 0 Å². The number of benzene rings is 1. The monoisotopic (exact) mass is 317 g/mol. The summed E-state index contributed by atoms with van der Waals surface area (Å²) >= 11 is 2.55. The van der Waals surface area contributed by atoms with Crippen molar-refractivity contribution in [2.75, 3.05) is 0 Å². The Morgan fingerprint density at radius 3 is 2.57 bits per heavy atom. The van der Waals surface area contributed by atoms with Crippen LogP contribution in [0.15, 0.2) is 46.0 Å². The second kappa shape index (κ2) is 6.15. The van der Waals surface area contributed by atoms with Crippen molar-refractivity contribution in [3.63, 3.8) is 0 Å². The summed E-state index contributed by atoms with van der Waals surface area (Å²) < 4.78 is 5.66. The van der Waals surface area contributed by atoms with Crippen LogP contribution in [0.25, 0.3) is 6.08 Å². The molecular formula is C15H11NO3S2. The van der Waals surface area contributed by atoms with Gasteiger partial charge in [0.1, 0.15) is 12.4 Å². The molecular weight excluding hydrogens is 306 g/mol. The molecule has 1 aliphatic rings. The largest absolute Gasteiger partial charge is 0.489 e. The first-order valence-electron chi connectivity index (χ1n) is 6.19. The van der Waals surface area contributed by atoms with E-state index in [2.05, 4.69) is 5.32 Å². The Morgan fingerprint density at radius 1 is 1.14 bits per heavy atom. The number of hydrogen-bond acceptors (Lipinski definition) is 5. The highest BCUT2D eigenvalue weighted by atomic mass is 32.2. The molecule has 2 heterocycles. The van der Waals surface area contributed by atoms with Crippen LogP contribution in [0.1, 0.15) is 11.1 Å². The molecule has 6 heteroatoms. The van der Waals surface area contributed by atoms with Gasteiger partial charge in [-0.3, -0.25) is 14.9 Å². The highest BCUT2D eigenvalue weighted by Gasteiger charge is 2.24. The lowest BCUT2D eigenvalue weighted by atomic mass is 10.2. The SMILES string of the molecule is O=C1NC(=O)C(=Cc2ccc(OCc3ccsc3)cc2)S1. The molecule has 2 amide bonds. The van der Waals surface area contributed by atoms with Crippen LogP contribution in [-0.2, 0) is 11.4 Å². The fourth-order valence-electron chi connectivity index (χ4n) is 1.77. The number of amides is 2. The quantitative estimate of drug-likeness (QED) is 0.875. The van der Waals surface area contributed by atoms with Gasteiger partial charge in [-0.25, -0.2) is 0 Å². The topological polar surface area (TPSA) is 55.4 Å². The molecule has 3 rings (SSSR count). The zero-order chi connectivity index (χ0) is 14.7. The number of rotatable bonds is 4. The van der Waals surface area contributed by atoms with Gasteiger partial charge in [0.05, 0.1) is 4.91 Å². The normalized spacial score (nSPS) is 16.3. The van der Waals surface area contributed by atoms with Crippen LogP contribution in [-0.4, -0.2) is 11.1 Å². The molecule has 106 valence electrons. The third kappa shape index (κ3) is 3.53. The van der Waals surface area contributed by atoms with Crippen LogP contribution in [0.4, 0.5) is 4.79 Å². The Labute approximate surface area is 129 Å². The molecule has 0 aliphatic carbocycles. The molecule has 0 saturated carbocycles. The van der Waals surface area contributed by atoms with E-state index >= 15 is 0 Å². The minimum atomic E-state index is -0.345. The lowest BCUT2D eigenvalue weighted by Crippen LogP contribution is -2.17. The highest BCUT2D eigenvalue weighted by Crippen LogP contribution is 2.26. The van der Waals surface area contributed by atoms with Crippen molar-refractivity contribution < 1.29 is 14.3 Å². The predicted molar refractivity (Wildman–Crippen MR) is 84.2 cm³/mol. The standard InChI is InChI=1S/C15H11NO3S2/c17-14-13(21-15(18)16-14)7-10-1-3-12(4-2-10)19-8-11-5-6-20-9-11/h1-7,9H,8H2,(H,16,17,18). The van der Waals surface area contributed by atoms with Crippen molar-refractivity contribution in [2.45, 2.75) is 6.61 Å². The average molecular weight is 317 g/mol. The van der Waals surface area contributed by atoms with E-state index in [1.165, 1.54) is 0 Å². The molecule has 1 aromatic carbocycles. The van der Waals surface area contributed by atoms with Gasteiger partial charge < -0.3 is 4.74 Å². The molecule has 0 radical (unpaired) electrons. The van der Waals surface area contributed by atoms with Crippen molar-refractivity contribution in [3.8, 4) is 5.75 Å². The van der Waals surface area contributed by atoms with Gasteiger partial charge in [-0.2, -0.15) is 11.3 Å². The number of nitrogens with one attached hydrogen (secondary N) is 1. The highest BCUT2D eigenvalue weighted by molar-refractivity contribution is 8.18. The van der Waals surface area contributed by atoms with E-state index in [-0.39, 0.29) is 11.1 Å². The zero-order valence-corrected chi connectivity index (χ0v) is 12.5. The molecule has 21 heavy (non-hydrogen) atoms. The first kappa shape index (κ1) is 13.9. The van der Waals surface area contributed by atoms with Crippen LogP contribution < -0.4 is 10.1 Å². The molecule has 1 fully saturated rings. The summed E-state index contributed by atoms with van der Waals surface area (Å²) in [5.41, 5.74) is 1.99. The van der Waals surface area contributed by atoms with E-state index in [0.717, 1.165) is 28.6 Å².